The molecule has 0 bridgehead atoms. The monoisotopic (exact) mass is 305 g/mol. The Hall–Kier alpha value is -1.51. The van der Waals surface area contributed by atoms with E-state index in [1.54, 1.807) is 6.07 Å². The zero-order valence-electron chi connectivity index (χ0n) is 14.3. The van der Waals surface area contributed by atoms with Crippen molar-refractivity contribution in [2.24, 2.45) is 0 Å². The molecule has 124 valence electrons. The van der Waals surface area contributed by atoms with Crippen LogP contribution in [0.5, 0.6) is 5.75 Å². The van der Waals surface area contributed by atoms with Crippen LogP contribution in [0.4, 0.5) is 0 Å². The largest absolute Gasteiger partial charge is 0.508 e. The molecule has 0 heterocycles. The summed E-state index contributed by atoms with van der Waals surface area (Å²) in [5, 5.41) is 12.8. The summed E-state index contributed by atoms with van der Waals surface area (Å²) in [4.78, 5) is 11.9. The number of hydrogen-bond donors (Lipinski definition) is 2. The smallest absolute Gasteiger partial charge is 0.224 e. The minimum Gasteiger partial charge on any atom is -0.508 e. The second-order valence-electron chi connectivity index (χ2n) is 6.34. The van der Waals surface area contributed by atoms with E-state index in [0.717, 1.165) is 24.1 Å². The number of aromatic hydroxyl groups is 1. The van der Waals surface area contributed by atoms with Crippen LogP contribution >= 0.6 is 0 Å². The summed E-state index contributed by atoms with van der Waals surface area (Å²) in [7, 11) is 0. The SMILES string of the molecule is CCCCCCCCNC(=O)Cc1ccc(O)c(C(C)C)c1. The number of phenolic OH excluding ortho intramolecular Hbond substituents is 1. The highest BCUT2D eigenvalue weighted by molar-refractivity contribution is 5.78. The van der Waals surface area contributed by atoms with Crippen molar-refractivity contribution >= 4 is 5.91 Å². The Kier molecular flexibility index (Phi) is 8.64. The van der Waals surface area contributed by atoms with Crippen molar-refractivity contribution in [1.29, 1.82) is 0 Å². The molecule has 0 saturated heterocycles. The van der Waals surface area contributed by atoms with Crippen molar-refractivity contribution < 1.29 is 9.90 Å². The molecule has 0 atom stereocenters. The minimum absolute atomic E-state index is 0.0638. The highest BCUT2D eigenvalue weighted by Crippen LogP contribution is 2.26. The Morgan fingerprint density at radius 3 is 2.50 bits per heavy atom. The molecule has 3 heteroatoms. The lowest BCUT2D eigenvalue weighted by atomic mass is 9.98. The number of amides is 1. The van der Waals surface area contributed by atoms with Crippen molar-refractivity contribution in [2.75, 3.05) is 6.54 Å². The summed E-state index contributed by atoms with van der Waals surface area (Å²) < 4.78 is 0. The van der Waals surface area contributed by atoms with Gasteiger partial charge in [0.25, 0.3) is 0 Å². The van der Waals surface area contributed by atoms with Crippen LogP contribution in [0.15, 0.2) is 18.2 Å². The summed E-state index contributed by atoms with van der Waals surface area (Å²) in [6, 6.07) is 5.45. The van der Waals surface area contributed by atoms with E-state index in [2.05, 4.69) is 12.2 Å². The van der Waals surface area contributed by atoms with Crippen molar-refractivity contribution in [2.45, 2.75) is 71.6 Å². The van der Waals surface area contributed by atoms with Crippen LogP contribution in [-0.2, 0) is 11.2 Å². The highest BCUT2D eigenvalue weighted by Gasteiger charge is 2.09. The first-order valence-electron chi connectivity index (χ1n) is 8.63. The summed E-state index contributed by atoms with van der Waals surface area (Å²) in [5.74, 6) is 0.631. The third-order valence-electron chi connectivity index (χ3n) is 3.93. The first kappa shape index (κ1) is 18.5. The molecule has 22 heavy (non-hydrogen) atoms. The van der Waals surface area contributed by atoms with Gasteiger partial charge in [0.05, 0.1) is 6.42 Å². The molecular weight excluding hydrogens is 274 g/mol. The Morgan fingerprint density at radius 2 is 1.82 bits per heavy atom. The summed E-state index contributed by atoms with van der Waals surface area (Å²) in [6.45, 7) is 7.06. The molecule has 0 aliphatic carbocycles. The Balaban J connectivity index is 2.29. The molecule has 0 aliphatic heterocycles. The molecule has 1 rings (SSSR count). The van der Waals surface area contributed by atoms with Gasteiger partial charge in [0.2, 0.25) is 5.91 Å². The van der Waals surface area contributed by atoms with E-state index < -0.39 is 0 Å². The van der Waals surface area contributed by atoms with Gasteiger partial charge in [0.15, 0.2) is 0 Å². The maximum absolute atomic E-state index is 11.9. The van der Waals surface area contributed by atoms with Crippen molar-refractivity contribution in [3.05, 3.63) is 29.3 Å². The number of unbranched alkanes of at least 4 members (excludes halogenated alkanes) is 5. The molecule has 1 amide bonds. The average molecular weight is 305 g/mol. The molecule has 0 fully saturated rings. The minimum atomic E-state index is 0.0638. The van der Waals surface area contributed by atoms with Crippen LogP contribution in [0.3, 0.4) is 0 Å². The topological polar surface area (TPSA) is 49.3 Å². The van der Waals surface area contributed by atoms with E-state index in [1.807, 2.05) is 26.0 Å². The lowest BCUT2D eigenvalue weighted by Gasteiger charge is -2.11. The molecule has 0 spiro atoms. The second-order valence-corrected chi connectivity index (χ2v) is 6.34. The maximum atomic E-state index is 11.9. The van der Waals surface area contributed by atoms with Gasteiger partial charge >= 0.3 is 0 Å². The van der Waals surface area contributed by atoms with E-state index in [0.29, 0.717) is 12.2 Å². The fourth-order valence-corrected chi connectivity index (χ4v) is 2.56. The number of rotatable bonds is 10. The van der Waals surface area contributed by atoms with Crippen LogP contribution in [-0.4, -0.2) is 17.6 Å². The Bertz CT molecular complexity index is 455. The number of nitrogens with one attached hydrogen (secondary N) is 1. The Labute approximate surface area is 135 Å². The van der Waals surface area contributed by atoms with Gasteiger partial charge in [-0.05, 0) is 29.5 Å². The third kappa shape index (κ3) is 6.97. The number of phenols is 1. The first-order valence-corrected chi connectivity index (χ1v) is 8.63. The molecule has 0 radical (unpaired) electrons. The summed E-state index contributed by atoms with van der Waals surface area (Å²) >= 11 is 0. The van der Waals surface area contributed by atoms with Crippen LogP contribution < -0.4 is 5.32 Å². The number of benzene rings is 1. The van der Waals surface area contributed by atoms with E-state index >= 15 is 0 Å². The fourth-order valence-electron chi connectivity index (χ4n) is 2.56. The quantitative estimate of drug-likeness (QED) is 0.624. The van der Waals surface area contributed by atoms with Crippen LogP contribution in [0.25, 0.3) is 0 Å². The van der Waals surface area contributed by atoms with Gasteiger partial charge in [0.1, 0.15) is 5.75 Å². The van der Waals surface area contributed by atoms with Gasteiger partial charge in [-0.25, -0.2) is 0 Å². The van der Waals surface area contributed by atoms with Crippen LogP contribution in [0, 0.1) is 0 Å². The normalized spacial score (nSPS) is 10.9. The summed E-state index contributed by atoms with van der Waals surface area (Å²) in [5.41, 5.74) is 1.86. The zero-order chi connectivity index (χ0) is 16.4. The van der Waals surface area contributed by atoms with E-state index in [4.69, 9.17) is 0 Å². The molecular formula is C19H31NO2. The average Bonchev–Trinajstić information content (AvgIpc) is 2.48. The van der Waals surface area contributed by atoms with Gasteiger partial charge in [0, 0.05) is 6.54 Å². The molecule has 0 aliphatic rings. The lowest BCUT2D eigenvalue weighted by molar-refractivity contribution is -0.120. The van der Waals surface area contributed by atoms with Crippen LogP contribution in [0.1, 0.15) is 76.3 Å². The highest BCUT2D eigenvalue weighted by atomic mass is 16.3. The summed E-state index contributed by atoms with van der Waals surface area (Å²) in [6.07, 6.45) is 7.78. The first-order chi connectivity index (χ1) is 10.5. The lowest BCUT2D eigenvalue weighted by Crippen LogP contribution is -2.26. The van der Waals surface area contributed by atoms with Gasteiger partial charge in [-0.3, -0.25) is 4.79 Å². The predicted molar refractivity (Wildman–Crippen MR) is 92.3 cm³/mol. The molecule has 0 unspecified atom stereocenters. The molecule has 3 nitrogen and oxygen atoms in total. The molecule has 1 aromatic carbocycles. The van der Waals surface area contributed by atoms with Crippen LogP contribution in [0.2, 0.25) is 0 Å². The van der Waals surface area contributed by atoms with E-state index in [-0.39, 0.29) is 11.8 Å². The number of carbonyl (C=O) groups is 1. The van der Waals surface area contributed by atoms with Crippen molar-refractivity contribution in [3.8, 4) is 5.75 Å². The maximum Gasteiger partial charge on any atom is 0.224 e. The van der Waals surface area contributed by atoms with Crippen molar-refractivity contribution in [3.63, 3.8) is 0 Å². The van der Waals surface area contributed by atoms with Gasteiger partial charge < -0.3 is 10.4 Å². The number of carbonyl (C=O) groups excluding carboxylic acids is 1. The van der Waals surface area contributed by atoms with E-state index in [9.17, 15) is 9.90 Å². The third-order valence-corrected chi connectivity index (χ3v) is 3.93. The molecule has 1 aromatic rings. The van der Waals surface area contributed by atoms with Gasteiger partial charge in [-0.1, -0.05) is 65.0 Å². The molecule has 0 aromatic heterocycles. The molecule has 2 N–H and O–H groups in total. The van der Waals surface area contributed by atoms with E-state index in [1.165, 1.54) is 32.1 Å². The second kappa shape index (κ2) is 10.3. The zero-order valence-corrected chi connectivity index (χ0v) is 14.3. The number of hydrogen-bond acceptors (Lipinski definition) is 2. The Morgan fingerprint density at radius 1 is 1.14 bits per heavy atom. The van der Waals surface area contributed by atoms with Crippen molar-refractivity contribution in [1.82, 2.24) is 5.32 Å². The predicted octanol–water partition coefficient (Wildman–Crippen LogP) is 4.53. The fraction of sp³-hybridized carbons (Fsp3) is 0.632. The van der Waals surface area contributed by atoms with Gasteiger partial charge in [-0.2, -0.15) is 0 Å². The standard InChI is InChI=1S/C19H31NO2/c1-4-5-6-7-8-9-12-20-19(22)14-16-10-11-18(21)17(13-16)15(2)3/h10-11,13,15,21H,4-9,12,14H2,1-3H3,(H,20,22). The van der Waals surface area contributed by atoms with Gasteiger partial charge in [-0.15, -0.1) is 0 Å². The molecule has 0 saturated carbocycles.